The van der Waals surface area contributed by atoms with Crippen LogP contribution < -0.4 is 0 Å². The Hall–Kier alpha value is -0.410. The van der Waals surface area contributed by atoms with Crippen molar-refractivity contribution in [2.24, 2.45) is 0 Å². The third-order valence-electron chi connectivity index (χ3n) is 2.28. The zero-order valence-corrected chi connectivity index (χ0v) is 5.67. The fourth-order valence-electron chi connectivity index (χ4n) is 1.40. The summed E-state index contributed by atoms with van der Waals surface area (Å²) < 4.78 is 5.29. The average Bonchev–Trinajstić information content (AvgIpc) is 2.65. The first-order chi connectivity index (χ1) is 4.75. The third-order valence-corrected chi connectivity index (χ3v) is 2.28. The number of carbonyl (C=O) groups is 1. The second-order valence-corrected chi connectivity index (χ2v) is 3.03. The molecule has 1 N–H and O–H groups in total. The van der Waals surface area contributed by atoms with Gasteiger partial charge in [0.1, 0.15) is 11.7 Å². The summed E-state index contributed by atoms with van der Waals surface area (Å²) in [6, 6.07) is 0. The Morgan fingerprint density at radius 3 is 2.80 bits per heavy atom. The molecule has 1 aliphatic heterocycles. The van der Waals surface area contributed by atoms with Gasteiger partial charge < -0.3 is 9.84 Å². The topological polar surface area (TPSA) is 46.5 Å². The minimum absolute atomic E-state index is 0.0521. The van der Waals surface area contributed by atoms with Crippen molar-refractivity contribution in [1.29, 1.82) is 0 Å². The van der Waals surface area contributed by atoms with Gasteiger partial charge in [0, 0.05) is 6.42 Å². The van der Waals surface area contributed by atoms with Crippen LogP contribution in [0.1, 0.15) is 19.3 Å². The van der Waals surface area contributed by atoms with Gasteiger partial charge in [-0.25, -0.2) is 0 Å². The Balaban J connectivity index is 2.15. The maximum Gasteiger partial charge on any atom is 0.166 e. The van der Waals surface area contributed by atoms with E-state index in [9.17, 15) is 9.90 Å². The Labute approximate surface area is 59.0 Å². The predicted octanol–water partition coefficient (Wildman–Crippen LogP) is -0.131. The molecule has 2 rings (SSSR count). The smallest absolute Gasteiger partial charge is 0.166 e. The Bertz CT molecular complexity index is 172. The van der Waals surface area contributed by atoms with Gasteiger partial charge in [-0.15, -0.1) is 0 Å². The van der Waals surface area contributed by atoms with Crippen molar-refractivity contribution in [3.8, 4) is 0 Å². The summed E-state index contributed by atoms with van der Waals surface area (Å²) >= 11 is 0. The molecule has 1 heterocycles. The number of hydrogen-bond acceptors (Lipinski definition) is 3. The zero-order chi connectivity index (χ0) is 7.19. The first kappa shape index (κ1) is 6.31. The Morgan fingerprint density at radius 2 is 2.30 bits per heavy atom. The molecule has 0 aromatic heterocycles. The van der Waals surface area contributed by atoms with E-state index in [1.165, 1.54) is 0 Å². The first-order valence-electron chi connectivity index (χ1n) is 3.59. The van der Waals surface area contributed by atoms with E-state index in [1.54, 1.807) is 0 Å². The zero-order valence-electron chi connectivity index (χ0n) is 5.67. The van der Waals surface area contributed by atoms with Gasteiger partial charge in [-0.2, -0.15) is 0 Å². The highest BCUT2D eigenvalue weighted by molar-refractivity contribution is 5.85. The minimum atomic E-state index is -0.832. The summed E-state index contributed by atoms with van der Waals surface area (Å²) in [5, 5.41) is 9.29. The number of aliphatic hydroxyl groups excluding tert-OH is 1. The summed E-state index contributed by atoms with van der Waals surface area (Å²) in [6.07, 6.45) is 1.24. The van der Waals surface area contributed by atoms with Crippen molar-refractivity contribution in [2.45, 2.75) is 31.0 Å². The molecule has 1 aliphatic carbocycles. The molecule has 0 aromatic carbocycles. The monoisotopic (exact) mass is 142 g/mol. The lowest BCUT2D eigenvalue weighted by Crippen LogP contribution is -2.43. The molecule has 0 bridgehead atoms. The standard InChI is InChI=1S/C7H10O3/c8-5-1-4-10-7(2-3-7)6(5)9/h6,9H,1-4H2/t6-/m0/s1. The molecule has 0 unspecified atom stereocenters. The van der Waals surface area contributed by atoms with Crippen LogP contribution >= 0.6 is 0 Å². The number of hydrogen-bond donors (Lipinski definition) is 1. The molecule has 3 heteroatoms. The molecule has 0 amide bonds. The quantitative estimate of drug-likeness (QED) is 0.512. The van der Waals surface area contributed by atoms with E-state index in [-0.39, 0.29) is 5.78 Å². The van der Waals surface area contributed by atoms with Crippen LogP contribution in [0.15, 0.2) is 0 Å². The maximum absolute atomic E-state index is 10.9. The first-order valence-corrected chi connectivity index (χ1v) is 3.59. The lowest BCUT2D eigenvalue weighted by atomic mass is 10.0. The molecule has 1 saturated carbocycles. The molecular formula is C7H10O3. The van der Waals surface area contributed by atoms with Gasteiger partial charge in [0.25, 0.3) is 0 Å². The van der Waals surface area contributed by atoms with Crippen LogP contribution in [-0.4, -0.2) is 29.2 Å². The summed E-state index contributed by atoms with van der Waals surface area (Å²) in [7, 11) is 0. The third kappa shape index (κ3) is 0.707. The fourth-order valence-corrected chi connectivity index (χ4v) is 1.40. The molecule has 2 fully saturated rings. The van der Waals surface area contributed by atoms with Gasteiger partial charge in [0.15, 0.2) is 5.78 Å². The molecule has 2 aliphatic rings. The van der Waals surface area contributed by atoms with Crippen molar-refractivity contribution in [1.82, 2.24) is 0 Å². The van der Waals surface area contributed by atoms with Crippen LogP contribution in [0.25, 0.3) is 0 Å². The van der Waals surface area contributed by atoms with E-state index >= 15 is 0 Å². The lowest BCUT2D eigenvalue weighted by molar-refractivity contribution is -0.150. The average molecular weight is 142 g/mol. The van der Waals surface area contributed by atoms with Gasteiger partial charge in [-0.05, 0) is 12.8 Å². The van der Waals surface area contributed by atoms with Crippen molar-refractivity contribution in [3.63, 3.8) is 0 Å². The summed E-state index contributed by atoms with van der Waals surface area (Å²) in [5.41, 5.74) is -0.435. The number of ether oxygens (including phenoxy) is 1. The molecule has 0 aromatic rings. The van der Waals surface area contributed by atoms with Gasteiger partial charge in [0.2, 0.25) is 0 Å². The Kier molecular flexibility index (Phi) is 1.13. The van der Waals surface area contributed by atoms with E-state index in [0.29, 0.717) is 13.0 Å². The molecule has 1 saturated heterocycles. The van der Waals surface area contributed by atoms with Gasteiger partial charge in [0.05, 0.1) is 6.61 Å². The van der Waals surface area contributed by atoms with Gasteiger partial charge in [-0.1, -0.05) is 0 Å². The molecule has 10 heavy (non-hydrogen) atoms. The van der Waals surface area contributed by atoms with Crippen molar-refractivity contribution < 1.29 is 14.6 Å². The number of rotatable bonds is 0. The maximum atomic E-state index is 10.9. The second kappa shape index (κ2) is 1.80. The second-order valence-electron chi connectivity index (χ2n) is 3.03. The highest BCUT2D eigenvalue weighted by atomic mass is 16.5. The van der Waals surface area contributed by atoms with Crippen LogP contribution in [-0.2, 0) is 9.53 Å². The summed E-state index contributed by atoms with van der Waals surface area (Å²) in [5.74, 6) is -0.0521. The Morgan fingerprint density at radius 1 is 1.60 bits per heavy atom. The van der Waals surface area contributed by atoms with Gasteiger partial charge >= 0.3 is 0 Å². The SMILES string of the molecule is O=C1CCOC2(CC2)[C@H]1O. The molecule has 3 nitrogen and oxygen atoms in total. The molecular weight excluding hydrogens is 132 g/mol. The fraction of sp³-hybridized carbons (Fsp3) is 0.857. The normalized spacial score (nSPS) is 36.5. The van der Waals surface area contributed by atoms with Crippen LogP contribution in [0.4, 0.5) is 0 Å². The molecule has 1 spiro atoms. The number of ketones is 1. The van der Waals surface area contributed by atoms with E-state index < -0.39 is 11.7 Å². The predicted molar refractivity (Wildman–Crippen MR) is 33.5 cm³/mol. The van der Waals surface area contributed by atoms with Gasteiger partial charge in [-0.3, -0.25) is 4.79 Å². The van der Waals surface area contributed by atoms with Crippen molar-refractivity contribution >= 4 is 5.78 Å². The minimum Gasteiger partial charge on any atom is -0.382 e. The van der Waals surface area contributed by atoms with E-state index in [0.717, 1.165) is 12.8 Å². The molecule has 56 valence electrons. The van der Waals surface area contributed by atoms with Crippen molar-refractivity contribution in [3.05, 3.63) is 0 Å². The molecule has 0 radical (unpaired) electrons. The highest BCUT2D eigenvalue weighted by Crippen LogP contribution is 2.45. The summed E-state index contributed by atoms with van der Waals surface area (Å²) in [6.45, 7) is 0.496. The lowest BCUT2D eigenvalue weighted by Gasteiger charge is -2.26. The van der Waals surface area contributed by atoms with Crippen molar-refractivity contribution in [2.75, 3.05) is 6.61 Å². The van der Waals surface area contributed by atoms with E-state index in [2.05, 4.69) is 0 Å². The number of Topliss-reactive ketones (excluding diaryl/α,β-unsaturated/α-hetero) is 1. The van der Waals surface area contributed by atoms with Crippen LogP contribution in [0.5, 0.6) is 0 Å². The summed E-state index contributed by atoms with van der Waals surface area (Å²) in [4.78, 5) is 10.9. The van der Waals surface area contributed by atoms with E-state index in [1.807, 2.05) is 0 Å². The van der Waals surface area contributed by atoms with Crippen LogP contribution in [0.3, 0.4) is 0 Å². The highest BCUT2D eigenvalue weighted by Gasteiger charge is 2.55. The number of aliphatic hydroxyl groups is 1. The van der Waals surface area contributed by atoms with Crippen LogP contribution in [0.2, 0.25) is 0 Å². The number of carbonyl (C=O) groups excluding carboxylic acids is 1. The molecule has 1 atom stereocenters. The van der Waals surface area contributed by atoms with Crippen LogP contribution in [0, 0.1) is 0 Å². The van der Waals surface area contributed by atoms with E-state index in [4.69, 9.17) is 4.74 Å². The largest absolute Gasteiger partial charge is 0.382 e.